The molecule has 0 unspecified atom stereocenters. The standard InChI is InChI=1S/C25H31N3O3/c1-19-5-3-6-21(15-19)18-28-12-10-22(11-13-28)27-25(29)7-4-14-31-23-9-8-20(17-26)16-24(23)30-2/h3,5-6,8-9,15-16,22H,4,7,10-14,18H2,1-2H3,(H,27,29). The van der Waals surface area contributed by atoms with Gasteiger partial charge in [0.2, 0.25) is 5.91 Å². The van der Waals surface area contributed by atoms with E-state index in [1.54, 1.807) is 25.3 Å². The van der Waals surface area contributed by atoms with Crippen LogP contribution in [-0.2, 0) is 11.3 Å². The van der Waals surface area contributed by atoms with Gasteiger partial charge in [-0.3, -0.25) is 9.69 Å². The number of rotatable bonds is 9. The van der Waals surface area contributed by atoms with Crippen LogP contribution in [0.3, 0.4) is 0 Å². The second kappa shape index (κ2) is 11.4. The number of ether oxygens (including phenoxy) is 2. The molecule has 0 atom stereocenters. The Balaban J connectivity index is 1.33. The Morgan fingerprint density at radius 2 is 2.00 bits per heavy atom. The molecule has 3 rings (SSSR count). The van der Waals surface area contributed by atoms with Gasteiger partial charge in [-0.2, -0.15) is 5.26 Å². The summed E-state index contributed by atoms with van der Waals surface area (Å²) in [5.41, 5.74) is 3.16. The lowest BCUT2D eigenvalue weighted by Gasteiger charge is -2.32. The van der Waals surface area contributed by atoms with Crippen molar-refractivity contribution in [3.05, 3.63) is 59.2 Å². The number of piperidine rings is 1. The van der Waals surface area contributed by atoms with Crippen molar-refractivity contribution in [2.45, 2.75) is 45.2 Å². The Morgan fingerprint density at radius 3 is 2.71 bits per heavy atom. The lowest BCUT2D eigenvalue weighted by atomic mass is 10.0. The first-order valence-corrected chi connectivity index (χ1v) is 10.9. The van der Waals surface area contributed by atoms with E-state index in [1.165, 1.54) is 11.1 Å². The largest absolute Gasteiger partial charge is 0.493 e. The summed E-state index contributed by atoms with van der Waals surface area (Å²) in [7, 11) is 1.54. The van der Waals surface area contributed by atoms with Crippen molar-refractivity contribution in [3.63, 3.8) is 0 Å². The molecule has 0 aromatic heterocycles. The number of aryl methyl sites for hydroxylation is 1. The maximum absolute atomic E-state index is 12.3. The molecule has 0 spiro atoms. The van der Waals surface area contributed by atoms with E-state index in [0.717, 1.165) is 32.5 Å². The summed E-state index contributed by atoms with van der Waals surface area (Å²) in [6, 6.07) is 16.0. The van der Waals surface area contributed by atoms with Crippen molar-refractivity contribution in [1.29, 1.82) is 5.26 Å². The Bertz CT molecular complexity index is 914. The van der Waals surface area contributed by atoms with Crippen LogP contribution in [0.4, 0.5) is 0 Å². The minimum Gasteiger partial charge on any atom is -0.493 e. The zero-order chi connectivity index (χ0) is 22.1. The highest BCUT2D eigenvalue weighted by molar-refractivity contribution is 5.76. The zero-order valence-corrected chi connectivity index (χ0v) is 18.4. The molecule has 6 heteroatoms. The molecule has 1 heterocycles. The van der Waals surface area contributed by atoms with E-state index in [-0.39, 0.29) is 11.9 Å². The number of hydrogen-bond donors (Lipinski definition) is 1. The van der Waals surface area contributed by atoms with Crippen LogP contribution in [0.25, 0.3) is 0 Å². The summed E-state index contributed by atoms with van der Waals surface area (Å²) < 4.78 is 11.0. The van der Waals surface area contributed by atoms with E-state index in [9.17, 15) is 4.79 Å². The fourth-order valence-corrected chi connectivity index (χ4v) is 3.88. The number of nitrogens with zero attached hydrogens (tertiary/aromatic N) is 2. The number of nitrogens with one attached hydrogen (secondary N) is 1. The normalized spacial score (nSPS) is 14.6. The molecule has 0 radical (unpaired) electrons. The van der Waals surface area contributed by atoms with E-state index in [2.05, 4.69) is 47.5 Å². The van der Waals surface area contributed by atoms with Crippen molar-refractivity contribution in [2.75, 3.05) is 26.8 Å². The number of nitriles is 1. The molecule has 0 aliphatic carbocycles. The van der Waals surface area contributed by atoms with Crippen molar-refractivity contribution >= 4 is 5.91 Å². The molecule has 31 heavy (non-hydrogen) atoms. The number of methoxy groups -OCH3 is 1. The number of carbonyl (C=O) groups is 1. The molecule has 2 aromatic carbocycles. The summed E-state index contributed by atoms with van der Waals surface area (Å²) in [5, 5.41) is 12.1. The molecule has 0 bridgehead atoms. The quantitative estimate of drug-likeness (QED) is 0.623. The number of likely N-dealkylation sites (tertiary alicyclic amines) is 1. The van der Waals surface area contributed by atoms with Crippen LogP contribution < -0.4 is 14.8 Å². The molecule has 1 fully saturated rings. The third-order valence-corrected chi connectivity index (χ3v) is 5.54. The zero-order valence-electron chi connectivity index (χ0n) is 18.4. The van der Waals surface area contributed by atoms with Gasteiger partial charge in [0.1, 0.15) is 0 Å². The number of amides is 1. The van der Waals surface area contributed by atoms with Gasteiger partial charge in [0.15, 0.2) is 11.5 Å². The van der Waals surface area contributed by atoms with Crippen molar-refractivity contribution in [1.82, 2.24) is 10.2 Å². The second-order valence-corrected chi connectivity index (χ2v) is 8.04. The van der Waals surface area contributed by atoms with Gasteiger partial charge in [-0.05, 0) is 43.9 Å². The summed E-state index contributed by atoms with van der Waals surface area (Å²) in [6.45, 7) is 5.52. The molecule has 2 aromatic rings. The van der Waals surface area contributed by atoms with E-state index in [0.29, 0.717) is 36.5 Å². The summed E-state index contributed by atoms with van der Waals surface area (Å²) in [5.74, 6) is 1.19. The Hall–Kier alpha value is -3.04. The van der Waals surface area contributed by atoms with Gasteiger partial charge in [-0.15, -0.1) is 0 Å². The highest BCUT2D eigenvalue weighted by Gasteiger charge is 2.20. The van der Waals surface area contributed by atoms with Gasteiger partial charge in [-0.25, -0.2) is 0 Å². The molecule has 0 saturated carbocycles. The van der Waals surface area contributed by atoms with E-state index in [1.807, 2.05) is 0 Å². The fraction of sp³-hybridized carbons (Fsp3) is 0.440. The summed E-state index contributed by atoms with van der Waals surface area (Å²) >= 11 is 0. The first kappa shape index (κ1) is 22.6. The maximum atomic E-state index is 12.3. The molecular formula is C25H31N3O3. The first-order valence-electron chi connectivity index (χ1n) is 10.9. The second-order valence-electron chi connectivity index (χ2n) is 8.04. The van der Waals surface area contributed by atoms with Gasteiger partial charge < -0.3 is 14.8 Å². The minimum atomic E-state index is 0.0764. The highest BCUT2D eigenvalue weighted by Crippen LogP contribution is 2.28. The van der Waals surface area contributed by atoms with Gasteiger partial charge in [0, 0.05) is 38.2 Å². The molecule has 1 aliphatic heterocycles. The minimum absolute atomic E-state index is 0.0764. The van der Waals surface area contributed by atoms with Crippen molar-refractivity contribution < 1.29 is 14.3 Å². The lowest BCUT2D eigenvalue weighted by Crippen LogP contribution is -2.44. The van der Waals surface area contributed by atoms with E-state index < -0.39 is 0 Å². The Morgan fingerprint density at radius 1 is 1.19 bits per heavy atom. The van der Waals surface area contributed by atoms with Crippen LogP contribution in [0.2, 0.25) is 0 Å². The highest BCUT2D eigenvalue weighted by atomic mass is 16.5. The summed E-state index contributed by atoms with van der Waals surface area (Å²) in [6.07, 6.45) is 3.02. The first-order chi connectivity index (χ1) is 15.1. The molecule has 6 nitrogen and oxygen atoms in total. The number of benzene rings is 2. The summed E-state index contributed by atoms with van der Waals surface area (Å²) in [4.78, 5) is 14.8. The van der Waals surface area contributed by atoms with Crippen LogP contribution in [-0.4, -0.2) is 43.7 Å². The van der Waals surface area contributed by atoms with Crippen molar-refractivity contribution in [3.8, 4) is 17.6 Å². The lowest BCUT2D eigenvalue weighted by molar-refractivity contribution is -0.122. The fourth-order valence-electron chi connectivity index (χ4n) is 3.88. The third-order valence-electron chi connectivity index (χ3n) is 5.54. The Labute approximate surface area is 184 Å². The van der Waals surface area contributed by atoms with Gasteiger partial charge >= 0.3 is 0 Å². The third kappa shape index (κ3) is 7.01. The number of carbonyl (C=O) groups excluding carboxylic acids is 1. The average molecular weight is 422 g/mol. The predicted octanol–water partition coefficient (Wildman–Crippen LogP) is 3.82. The molecule has 1 saturated heterocycles. The topological polar surface area (TPSA) is 74.6 Å². The van der Waals surface area contributed by atoms with E-state index in [4.69, 9.17) is 14.7 Å². The van der Waals surface area contributed by atoms with Crippen LogP contribution in [0, 0.1) is 18.3 Å². The monoisotopic (exact) mass is 421 g/mol. The van der Waals surface area contributed by atoms with Crippen molar-refractivity contribution in [2.24, 2.45) is 0 Å². The Kier molecular flexibility index (Phi) is 8.31. The SMILES string of the molecule is COc1cc(C#N)ccc1OCCCC(=O)NC1CCN(Cc2cccc(C)c2)CC1. The van der Waals surface area contributed by atoms with Crippen LogP contribution >= 0.6 is 0 Å². The van der Waals surface area contributed by atoms with Crippen LogP contribution in [0.15, 0.2) is 42.5 Å². The van der Waals surface area contributed by atoms with Crippen LogP contribution in [0.1, 0.15) is 42.4 Å². The smallest absolute Gasteiger partial charge is 0.220 e. The average Bonchev–Trinajstić information content (AvgIpc) is 2.78. The van der Waals surface area contributed by atoms with Gasteiger partial charge in [-0.1, -0.05) is 29.8 Å². The van der Waals surface area contributed by atoms with E-state index >= 15 is 0 Å². The molecular weight excluding hydrogens is 390 g/mol. The maximum Gasteiger partial charge on any atom is 0.220 e. The van der Waals surface area contributed by atoms with Crippen LogP contribution in [0.5, 0.6) is 11.5 Å². The molecule has 1 aliphatic rings. The van der Waals surface area contributed by atoms with Gasteiger partial charge in [0.25, 0.3) is 0 Å². The predicted molar refractivity (Wildman–Crippen MR) is 120 cm³/mol. The molecule has 1 N–H and O–H groups in total. The molecule has 1 amide bonds. The molecule has 164 valence electrons. The van der Waals surface area contributed by atoms with Gasteiger partial charge in [0.05, 0.1) is 25.3 Å². The number of hydrogen-bond acceptors (Lipinski definition) is 5.